The standard InChI is InChI=1S/C7H16N2O4S2/c1-14-4-2-6(8)7(10)9-3-5-15(11,12)13/h6H,2-5,8H2,1H3,(H,9,10)(H,11,12,13)/t6-/m0/s1. The lowest BCUT2D eigenvalue weighted by atomic mass is 10.2. The van der Waals surface area contributed by atoms with Crippen molar-refractivity contribution < 1.29 is 17.8 Å². The normalized spacial score (nSPS) is 13.5. The smallest absolute Gasteiger partial charge is 0.266 e. The Hall–Kier alpha value is -0.310. The lowest BCUT2D eigenvalue weighted by Crippen LogP contribution is -2.42. The molecule has 0 radical (unpaired) electrons. The Morgan fingerprint density at radius 2 is 2.20 bits per heavy atom. The number of nitrogens with two attached hydrogens (primary N) is 1. The second kappa shape index (κ2) is 7.04. The molecule has 1 amide bonds. The zero-order valence-corrected chi connectivity index (χ0v) is 10.1. The van der Waals surface area contributed by atoms with Crippen molar-refractivity contribution in [2.45, 2.75) is 12.5 Å². The van der Waals surface area contributed by atoms with Gasteiger partial charge in [-0.15, -0.1) is 0 Å². The van der Waals surface area contributed by atoms with Crippen LogP contribution in [0.4, 0.5) is 0 Å². The average Bonchev–Trinajstić information content (AvgIpc) is 2.11. The van der Waals surface area contributed by atoms with Gasteiger partial charge in [0.05, 0.1) is 11.8 Å². The largest absolute Gasteiger partial charge is 0.354 e. The molecule has 90 valence electrons. The van der Waals surface area contributed by atoms with E-state index in [1.54, 1.807) is 11.8 Å². The number of carbonyl (C=O) groups is 1. The first kappa shape index (κ1) is 14.7. The summed E-state index contributed by atoms with van der Waals surface area (Å²) in [5, 5.41) is 2.34. The van der Waals surface area contributed by atoms with E-state index < -0.39 is 27.8 Å². The molecule has 0 aromatic carbocycles. The lowest BCUT2D eigenvalue weighted by Gasteiger charge is -2.10. The first-order chi connectivity index (χ1) is 6.87. The van der Waals surface area contributed by atoms with E-state index in [0.717, 1.165) is 5.75 Å². The molecule has 0 unspecified atom stereocenters. The zero-order valence-electron chi connectivity index (χ0n) is 8.47. The third kappa shape index (κ3) is 8.67. The quantitative estimate of drug-likeness (QED) is 0.508. The monoisotopic (exact) mass is 256 g/mol. The van der Waals surface area contributed by atoms with Crippen LogP contribution in [-0.2, 0) is 14.9 Å². The molecule has 0 saturated heterocycles. The molecule has 1 atom stereocenters. The molecule has 0 rings (SSSR count). The second-order valence-corrected chi connectivity index (χ2v) is 5.52. The molecule has 0 saturated carbocycles. The summed E-state index contributed by atoms with van der Waals surface area (Å²) < 4.78 is 29.0. The molecule has 0 aromatic heterocycles. The van der Waals surface area contributed by atoms with Gasteiger partial charge in [0.25, 0.3) is 10.1 Å². The first-order valence-electron chi connectivity index (χ1n) is 4.34. The SMILES string of the molecule is CSCC[C@H](N)C(=O)NCCS(=O)(=O)O. The fourth-order valence-electron chi connectivity index (χ4n) is 0.810. The predicted octanol–water partition coefficient (Wildman–Crippen LogP) is -0.929. The zero-order chi connectivity index (χ0) is 11.9. The van der Waals surface area contributed by atoms with Crippen LogP contribution in [0.3, 0.4) is 0 Å². The topological polar surface area (TPSA) is 109 Å². The molecule has 15 heavy (non-hydrogen) atoms. The van der Waals surface area contributed by atoms with Gasteiger partial charge in [-0.1, -0.05) is 0 Å². The Labute approximate surface area is 93.7 Å². The first-order valence-corrected chi connectivity index (χ1v) is 7.34. The van der Waals surface area contributed by atoms with Gasteiger partial charge in [0, 0.05) is 6.54 Å². The summed E-state index contributed by atoms with van der Waals surface area (Å²) in [6.07, 6.45) is 2.45. The van der Waals surface area contributed by atoms with Crippen molar-refractivity contribution in [1.82, 2.24) is 5.32 Å². The number of carbonyl (C=O) groups excluding carboxylic acids is 1. The number of hydrogen-bond acceptors (Lipinski definition) is 5. The minimum absolute atomic E-state index is 0.120. The van der Waals surface area contributed by atoms with Crippen LogP contribution in [0, 0.1) is 0 Å². The van der Waals surface area contributed by atoms with E-state index in [1.807, 2.05) is 6.26 Å². The van der Waals surface area contributed by atoms with E-state index >= 15 is 0 Å². The van der Waals surface area contributed by atoms with Crippen LogP contribution in [0.25, 0.3) is 0 Å². The summed E-state index contributed by atoms with van der Waals surface area (Å²) in [7, 11) is -4.02. The third-order valence-corrected chi connectivity index (χ3v) is 2.99. The highest BCUT2D eigenvalue weighted by Crippen LogP contribution is 1.98. The Morgan fingerprint density at radius 3 is 2.67 bits per heavy atom. The van der Waals surface area contributed by atoms with E-state index in [1.165, 1.54) is 0 Å². The van der Waals surface area contributed by atoms with Crippen molar-refractivity contribution >= 4 is 27.8 Å². The predicted molar refractivity (Wildman–Crippen MR) is 60.4 cm³/mol. The number of nitrogens with one attached hydrogen (secondary N) is 1. The maximum Gasteiger partial charge on any atom is 0.266 e. The molecule has 4 N–H and O–H groups in total. The lowest BCUT2D eigenvalue weighted by molar-refractivity contribution is -0.122. The highest BCUT2D eigenvalue weighted by atomic mass is 32.2. The van der Waals surface area contributed by atoms with Crippen LogP contribution >= 0.6 is 11.8 Å². The van der Waals surface area contributed by atoms with E-state index in [4.69, 9.17) is 10.3 Å². The Morgan fingerprint density at radius 1 is 1.60 bits per heavy atom. The molecule has 0 aromatic rings. The van der Waals surface area contributed by atoms with Gasteiger partial charge >= 0.3 is 0 Å². The van der Waals surface area contributed by atoms with Gasteiger partial charge in [0.1, 0.15) is 0 Å². The van der Waals surface area contributed by atoms with Crippen molar-refractivity contribution in [1.29, 1.82) is 0 Å². The van der Waals surface area contributed by atoms with Gasteiger partial charge in [0.15, 0.2) is 0 Å². The van der Waals surface area contributed by atoms with Gasteiger partial charge in [-0.25, -0.2) is 0 Å². The van der Waals surface area contributed by atoms with Crippen LogP contribution in [0.15, 0.2) is 0 Å². The maximum atomic E-state index is 11.2. The Kier molecular flexibility index (Phi) is 6.90. The van der Waals surface area contributed by atoms with E-state index in [2.05, 4.69) is 5.32 Å². The van der Waals surface area contributed by atoms with Crippen LogP contribution in [0.1, 0.15) is 6.42 Å². The summed E-state index contributed by atoms with van der Waals surface area (Å²) >= 11 is 1.58. The molecule has 0 aliphatic carbocycles. The summed E-state index contributed by atoms with van der Waals surface area (Å²) in [6.45, 7) is -0.120. The molecule has 0 aliphatic rings. The molecule has 0 aliphatic heterocycles. The molecular formula is C7H16N2O4S2. The van der Waals surface area contributed by atoms with Crippen molar-refractivity contribution in [3.8, 4) is 0 Å². The van der Waals surface area contributed by atoms with Gasteiger partial charge in [-0.3, -0.25) is 9.35 Å². The fraction of sp³-hybridized carbons (Fsp3) is 0.857. The summed E-state index contributed by atoms with van der Waals surface area (Å²) in [5.41, 5.74) is 5.52. The summed E-state index contributed by atoms with van der Waals surface area (Å²) in [5.74, 6) is -0.117. The van der Waals surface area contributed by atoms with Crippen molar-refractivity contribution in [2.75, 3.05) is 24.3 Å². The number of thioether (sulfide) groups is 1. The van der Waals surface area contributed by atoms with Gasteiger partial charge in [-0.05, 0) is 18.4 Å². The summed E-state index contributed by atoms with van der Waals surface area (Å²) in [4.78, 5) is 11.2. The van der Waals surface area contributed by atoms with Crippen LogP contribution in [0.2, 0.25) is 0 Å². The maximum absolute atomic E-state index is 11.2. The molecule has 0 spiro atoms. The Balaban J connectivity index is 3.74. The number of amides is 1. The van der Waals surface area contributed by atoms with E-state index in [0.29, 0.717) is 6.42 Å². The molecule has 0 heterocycles. The van der Waals surface area contributed by atoms with Gasteiger partial charge in [0.2, 0.25) is 5.91 Å². The number of hydrogen-bond donors (Lipinski definition) is 3. The highest BCUT2D eigenvalue weighted by molar-refractivity contribution is 7.98. The molecule has 6 nitrogen and oxygen atoms in total. The second-order valence-electron chi connectivity index (χ2n) is 2.97. The number of rotatable bonds is 7. The minimum Gasteiger partial charge on any atom is -0.354 e. The molecule has 0 bridgehead atoms. The summed E-state index contributed by atoms with van der Waals surface area (Å²) in [6, 6.07) is -0.626. The van der Waals surface area contributed by atoms with Crippen molar-refractivity contribution in [3.63, 3.8) is 0 Å². The molecule has 0 fully saturated rings. The van der Waals surface area contributed by atoms with Crippen LogP contribution in [0.5, 0.6) is 0 Å². The highest BCUT2D eigenvalue weighted by Gasteiger charge is 2.13. The minimum atomic E-state index is -4.02. The van der Waals surface area contributed by atoms with Crippen LogP contribution < -0.4 is 11.1 Å². The van der Waals surface area contributed by atoms with Crippen LogP contribution in [-0.4, -0.2) is 49.2 Å². The van der Waals surface area contributed by atoms with Gasteiger partial charge < -0.3 is 11.1 Å². The average molecular weight is 256 g/mol. The van der Waals surface area contributed by atoms with Crippen molar-refractivity contribution in [2.24, 2.45) is 5.73 Å². The third-order valence-electron chi connectivity index (χ3n) is 1.63. The van der Waals surface area contributed by atoms with E-state index in [-0.39, 0.29) is 6.54 Å². The molecule has 8 heteroatoms. The van der Waals surface area contributed by atoms with Gasteiger partial charge in [-0.2, -0.15) is 20.2 Å². The molecular weight excluding hydrogens is 240 g/mol. The van der Waals surface area contributed by atoms with Crippen molar-refractivity contribution in [3.05, 3.63) is 0 Å². The Bertz CT molecular complexity index is 291. The van der Waals surface area contributed by atoms with E-state index in [9.17, 15) is 13.2 Å². The fourth-order valence-corrected chi connectivity index (χ4v) is 1.66.